The molecule has 3 aromatic rings. The van der Waals surface area contributed by atoms with Crippen LogP contribution in [0.1, 0.15) is 28.8 Å². The molecule has 1 N–H and O–H groups in total. The molecule has 1 aromatic heterocycles. The van der Waals surface area contributed by atoms with Gasteiger partial charge < -0.3 is 14.5 Å². The van der Waals surface area contributed by atoms with Gasteiger partial charge in [-0.05, 0) is 61.4 Å². The van der Waals surface area contributed by atoms with E-state index in [9.17, 15) is 9.00 Å². The molecule has 0 radical (unpaired) electrons. The van der Waals surface area contributed by atoms with E-state index in [0.29, 0.717) is 35.3 Å². The Kier molecular flexibility index (Phi) is 7.49. The highest BCUT2D eigenvalue weighted by molar-refractivity contribution is 7.84. The molecule has 1 atom stereocenters. The lowest BCUT2D eigenvalue weighted by Gasteiger charge is -2.06. The van der Waals surface area contributed by atoms with Gasteiger partial charge in [0.15, 0.2) is 5.76 Å². The lowest BCUT2D eigenvalue weighted by Crippen LogP contribution is -2.25. The van der Waals surface area contributed by atoms with Crippen LogP contribution in [-0.4, -0.2) is 23.3 Å². The number of hydrogen-bond donors (Lipinski definition) is 1. The molecule has 3 rings (SSSR count). The van der Waals surface area contributed by atoms with Crippen LogP contribution < -0.4 is 10.1 Å². The van der Waals surface area contributed by atoms with E-state index in [1.54, 1.807) is 36.4 Å². The number of carbonyl (C=O) groups is 1. The number of benzene rings is 2. The van der Waals surface area contributed by atoms with Crippen molar-refractivity contribution in [2.45, 2.75) is 24.0 Å². The molecule has 0 saturated heterocycles. The normalized spacial score (nSPS) is 11.8. The van der Waals surface area contributed by atoms with Gasteiger partial charge >= 0.3 is 0 Å². The zero-order chi connectivity index (χ0) is 20.6. The fourth-order valence-electron chi connectivity index (χ4n) is 2.73. The number of halogens is 1. The van der Waals surface area contributed by atoms with Gasteiger partial charge in [-0.15, -0.1) is 0 Å². The highest BCUT2D eigenvalue weighted by Gasteiger charge is 2.13. The number of rotatable bonds is 9. The zero-order valence-corrected chi connectivity index (χ0v) is 17.6. The first-order chi connectivity index (χ1) is 14.0. The maximum atomic E-state index is 12.4. The van der Waals surface area contributed by atoms with E-state index in [-0.39, 0.29) is 17.4 Å². The predicted molar refractivity (Wildman–Crippen MR) is 114 cm³/mol. The monoisotopic (exact) mass is 431 g/mol. The van der Waals surface area contributed by atoms with Crippen molar-refractivity contribution in [3.63, 3.8) is 0 Å². The summed E-state index contributed by atoms with van der Waals surface area (Å²) < 4.78 is 23.4. The Morgan fingerprint density at radius 3 is 2.66 bits per heavy atom. The van der Waals surface area contributed by atoms with E-state index in [1.165, 1.54) is 0 Å². The number of amides is 1. The molecule has 0 aliphatic rings. The third kappa shape index (κ3) is 6.21. The Hall–Kier alpha value is -2.57. The summed E-state index contributed by atoms with van der Waals surface area (Å²) in [5.74, 6) is 1.41. The number of nitrogens with one attached hydrogen (secondary N) is 1. The number of ether oxygens (including phenoxy) is 1. The smallest absolute Gasteiger partial charge is 0.287 e. The Balaban J connectivity index is 1.49. The molecule has 1 amide bonds. The first-order valence-corrected chi connectivity index (χ1v) is 11.0. The number of furan rings is 1. The maximum absolute atomic E-state index is 12.4. The van der Waals surface area contributed by atoms with Gasteiger partial charge in [-0.25, -0.2) is 0 Å². The topological polar surface area (TPSA) is 68.5 Å². The first-order valence-electron chi connectivity index (χ1n) is 9.27. The van der Waals surface area contributed by atoms with Gasteiger partial charge in [0.2, 0.25) is 0 Å². The van der Waals surface area contributed by atoms with Gasteiger partial charge in [0.1, 0.15) is 11.5 Å². The van der Waals surface area contributed by atoms with Crippen molar-refractivity contribution in [2.75, 3.05) is 13.2 Å². The van der Waals surface area contributed by atoms with Crippen LogP contribution in [-0.2, 0) is 23.0 Å². The molecule has 0 saturated carbocycles. The molecule has 7 heteroatoms. The molecule has 0 aliphatic carbocycles. The van der Waals surface area contributed by atoms with Gasteiger partial charge in [-0.2, -0.15) is 0 Å². The Bertz CT molecular complexity index is 984. The van der Waals surface area contributed by atoms with E-state index >= 15 is 0 Å². The maximum Gasteiger partial charge on any atom is 0.287 e. The summed E-state index contributed by atoms with van der Waals surface area (Å²) in [7, 11) is -1.30. The van der Waals surface area contributed by atoms with Crippen molar-refractivity contribution in [1.82, 2.24) is 5.32 Å². The molecule has 2 aromatic carbocycles. The molecule has 0 aliphatic heterocycles. The van der Waals surface area contributed by atoms with E-state index < -0.39 is 10.8 Å². The average Bonchev–Trinajstić information content (AvgIpc) is 3.18. The first kappa shape index (κ1) is 21.1. The predicted octanol–water partition coefficient (Wildman–Crippen LogP) is 4.61. The molecule has 1 heterocycles. The van der Waals surface area contributed by atoms with E-state index in [2.05, 4.69) is 5.32 Å². The van der Waals surface area contributed by atoms with Crippen LogP contribution >= 0.6 is 11.6 Å². The van der Waals surface area contributed by atoms with Crippen molar-refractivity contribution >= 4 is 28.3 Å². The summed E-state index contributed by atoms with van der Waals surface area (Å²) >= 11 is 5.94. The van der Waals surface area contributed by atoms with Crippen molar-refractivity contribution in [2.24, 2.45) is 0 Å². The van der Waals surface area contributed by atoms with Gasteiger partial charge in [0.25, 0.3) is 5.91 Å². The average molecular weight is 432 g/mol. The van der Waals surface area contributed by atoms with Gasteiger partial charge in [-0.1, -0.05) is 29.8 Å². The van der Waals surface area contributed by atoms with Crippen LogP contribution in [0.2, 0.25) is 5.02 Å². The molecular formula is C22H22ClNO4S. The Labute approximate surface area is 177 Å². The minimum atomic E-state index is -1.30. The van der Waals surface area contributed by atoms with Crippen LogP contribution in [0.4, 0.5) is 0 Å². The molecule has 5 nitrogen and oxygen atoms in total. The minimum absolute atomic E-state index is 0.180. The molecule has 152 valence electrons. The lowest BCUT2D eigenvalue weighted by atomic mass is 10.1. The van der Waals surface area contributed by atoms with E-state index in [4.69, 9.17) is 20.8 Å². The van der Waals surface area contributed by atoms with Crippen molar-refractivity contribution < 1.29 is 18.2 Å². The summed E-state index contributed by atoms with van der Waals surface area (Å²) in [6.45, 7) is 3.06. The van der Waals surface area contributed by atoms with Crippen LogP contribution in [0, 0.1) is 0 Å². The van der Waals surface area contributed by atoms with E-state index in [1.807, 2.05) is 31.2 Å². The molecule has 0 bridgehead atoms. The molecule has 1 unspecified atom stereocenters. The molecular weight excluding hydrogens is 410 g/mol. The van der Waals surface area contributed by atoms with Crippen molar-refractivity contribution in [1.29, 1.82) is 0 Å². The van der Waals surface area contributed by atoms with Crippen molar-refractivity contribution in [3.05, 3.63) is 82.8 Å². The van der Waals surface area contributed by atoms with Crippen LogP contribution in [0.25, 0.3) is 0 Å². The number of hydrogen-bond acceptors (Lipinski definition) is 4. The van der Waals surface area contributed by atoms with Gasteiger partial charge in [0.05, 0.1) is 23.2 Å². The quantitative estimate of drug-likeness (QED) is 0.537. The summed E-state index contributed by atoms with van der Waals surface area (Å²) in [4.78, 5) is 12.9. The highest BCUT2D eigenvalue weighted by Crippen LogP contribution is 2.18. The SMILES string of the molecule is CCOc1ccc(CCNC(=O)c2ccc(CS(=O)c3cccc(Cl)c3)o2)cc1. The van der Waals surface area contributed by atoms with Crippen LogP contribution in [0.5, 0.6) is 5.75 Å². The number of carbonyl (C=O) groups excluding carboxylic acids is 1. The second kappa shape index (κ2) is 10.3. The fraction of sp³-hybridized carbons (Fsp3) is 0.227. The molecule has 0 fully saturated rings. The largest absolute Gasteiger partial charge is 0.494 e. The lowest BCUT2D eigenvalue weighted by molar-refractivity contribution is 0.0925. The third-order valence-corrected chi connectivity index (χ3v) is 5.71. The summed E-state index contributed by atoms with van der Waals surface area (Å²) in [5.41, 5.74) is 1.10. The third-order valence-electron chi connectivity index (χ3n) is 4.15. The molecule has 29 heavy (non-hydrogen) atoms. The summed E-state index contributed by atoms with van der Waals surface area (Å²) in [6, 6.07) is 17.9. The minimum Gasteiger partial charge on any atom is -0.494 e. The summed E-state index contributed by atoms with van der Waals surface area (Å²) in [5, 5.41) is 3.37. The van der Waals surface area contributed by atoms with Gasteiger partial charge in [-0.3, -0.25) is 9.00 Å². The standard InChI is InChI=1S/C22H22ClNO4S/c1-2-27-18-8-6-16(7-9-18)12-13-24-22(25)21-11-10-19(28-21)15-29(26)20-5-3-4-17(23)14-20/h3-11,14H,2,12-13,15H2,1H3,(H,24,25). The van der Waals surface area contributed by atoms with E-state index in [0.717, 1.165) is 11.3 Å². The highest BCUT2D eigenvalue weighted by atomic mass is 35.5. The Morgan fingerprint density at radius 2 is 1.93 bits per heavy atom. The van der Waals surface area contributed by atoms with Crippen molar-refractivity contribution in [3.8, 4) is 5.75 Å². The molecule has 0 spiro atoms. The van der Waals surface area contributed by atoms with Gasteiger partial charge in [0, 0.05) is 16.5 Å². The Morgan fingerprint density at radius 1 is 1.14 bits per heavy atom. The van der Waals surface area contributed by atoms with Crippen LogP contribution in [0.15, 0.2) is 70.0 Å². The summed E-state index contributed by atoms with van der Waals surface area (Å²) in [6.07, 6.45) is 0.699. The second-order valence-electron chi connectivity index (χ2n) is 6.30. The second-order valence-corrected chi connectivity index (χ2v) is 8.18. The zero-order valence-electron chi connectivity index (χ0n) is 16.0. The van der Waals surface area contributed by atoms with Crippen LogP contribution in [0.3, 0.4) is 0 Å². The fourth-order valence-corrected chi connectivity index (χ4v) is 4.05.